The molecule has 1 aromatic carbocycles. The number of rotatable bonds is 6. The standard InChI is InChI=1S/C13H18O3/c1-3-15-13(14)9-11(2)16-10-12-7-5-4-6-8-12/h4-8,11H,3,9-10H2,1-2H3/t11-/m0/s1. The van der Waals surface area contributed by atoms with Gasteiger partial charge in [0.25, 0.3) is 0 Å². The number of benzene rings is 1. The van der Waals surface area contributed by atoms with Gasteiger partial charge in [-0.05, 0) is 19.4 Å². The van der Waals surface area contributed by atoms with E-state index in [0.717, 1.165) is 5.56 Å². The van der Waals surface area contributed by atoms with Crippen LogP contribution in [0.1, 0.15) is 25.8 Å². The first-order valence-electron chi connectivity index (χ1n) is 5.53. The molecular formula is C13H18O3. The maximum atomic E-state index is 11.2. The van der Waals surface area contributed by atoms with E-state index in [9.17, 15) is 4.79 Å². The first kappa shape index (κ1) is 12.7. The van der Waals surface area contributed by atoms with Crippen molar-refractivity contribution in [1.29, 1.82) is 0 Å². The van der Waals surface area contributed by atoms with E-state index in [1.165, 1.54) is 0 Å². The molecular weight excluding hydrogens is 204 g/mol. The number of carbonyl (C=O) groups excluding carboxylic acids is 1. The first-order chi connectivity index (χ1) is 7.72. The molecule has 0 unspecified atom stereocenters. The Morgan fingerprint density at radius 1 is 1.31 bits per heavy atom. The fourth-order valence-electron chi connectivity index (χ4n) is 1.33. The first-order valence-corrected chi connectivity index (χ1v) is 5.53. The van der Waals surface area contributed by atoms with Crippen molar-refractivity contribution in [2.45, 2.75) is 33.0 Å². The van der Waals surface area contributed by atoms with Gasteiger partial charge >= 0.3 is 5.97 Å². The van der Waals surface area contributed by atoms with Crippen LogP contribution in [0.3, 0.4) is 0 Å². The van der Waals surface area contributed by atoms with Crippen molar-refractivity contribution >= 4 is 5.97 Å². The van der Waals surface area contributed by atoms with Crippen molar-refractivity contribution in [2.24, 2.45) is 0 Å². The molecule has 0 saturated heterocycles. The lowest BCUT2D eigenvalue weighted by Crippen LogP contribution is -2.16. The van der Waals surface area contributed by atoms with E-state index >= 15 is 0 Å². The van der Waals surface area contributed by atoms with Gasteiger partial charge in [-0.25, -0.2) is 0 Å². The van der Waals surface area contributed by atoms with Crippen molar-refractivity contribution in [3.05, 3.63) is 35.9 Å². The Morgan fingerprint density at radius 3 is 2.62 bits per heavy atom. The molecule has 16 heavy (non-hydrogen) atoms. The normalized spacial score (nSPS) is 12.1. The molecule has 0 aliphatic carbocycles. The minimum Gasteiger partial charge on any atom is -0.466 e. The molecule has 0 spiro atoms. The highest BCUT2D eigenvalue weighted by Crippen LogP contribution is 2.06. The van der Waals surface area contributed by atoms with Crippen LogP contribution in [0, 0.1) is 0 Å². The van der Waals surface area contributed by atoms with Crippen LogP contribution in [0.4, 0.5) is 0 Å². The summed E-state index contributed by atoms with van der Waals surface area (Å²) >= 11 is 0. The third-order valence-corrected chi connectivity index (χ3v) is 2.14. The summed E-state index contributed by atoms with van der Waals surface area (Å²) in [4.78, 5) is 11.2. The zero-order chi connectivity index (χ0) is 11.8. The highest BCUT2D eigenvalue weighted by atomic mass is 16.5. The largest absolute Gasteiger partial charge is 0.466 e. The van der Waals surface area contributed by atoms with E-state index in [1.807, 2.05) is 37.3 Å². The van der Waals surface area contributed by atoms with Gasteiger partial charge in [0.1, 0.15) is 0 Å². The Morgan fingerprint density at radius 2 is 2.00 bits per heavy atom. The van der Waals surface area contributed by atoms with Gasteiger partial charge in [-0.2, -0.15) is 0 Å². The molecule has 0 bridgehead atoms. The smallest absolute Gasteiger partial charge is 0.308 e. The van der Waals surface area contributed by atoms with Crippen molar-refractivity contribution < 1.29 is 14.3 Å². The summed E-state index contributed by atoms with van der Waals surface area (Å²) < 4.78 is 10.4. The van der Waals surface area contributed by atoms with Crippen LogP contribution < -0.4 is 0 Å². The molecule has 0 N–H and O–H groups in total. The Balaban J connectivity index is 2.25. The Kier molecular flexibility index (Phi) is 5.57. The van der Waals surface area contributed by atoms with E-state index in [2.05, 4.69) is 0 Å². The second-order valence-corrected chi connectivity index (χ2v) is 3.62. The minimum absolute atomic E-state index is 0.112. The zero-order valence-electron chi connectivity index (χ0n) is 9.81. The summed E-state index contributed by atoms with van der Waals surface area (Å²) in [5, 5.41) is 0. The molecule has 88 valence electrons. The van der Waals surface area contributed by atoms with Gasteiger partial charge in [-0.15, -0.1) is 0 Å². The molecule has 0 amide bonds. The highest BCUT2D eigenvalue weighted by Gasteiger charge is 2.09. The van der Waals surface area contributed by atoms with Crippen LogP contribution in [0.25, 0.3) is 0 Å². The van der Waals surface area contributed by atoms with Gasteiger partial charge in [0.15, 0.2) is 0 Å². The predicted octanol–water partition coefficient (Wildman–Crippen LogP) is 2.54. The van der Waals surface area contributed by atoms with Crippen LogP contribution in [0.5, 0.6) is 0 Å². The number of hydrogen-bond acceptors (Lipinski definition) is 3. The summed E-state index contributed by atoms with van der Waals surface area (Å²) in [6.07, 6.45) is 0.194. The molecule has 3 heteroatoms. The summed E-state index contributed by atoms with van der Waals surface area (Å²) in [5.74, 6) is -0.205. The van der Waals surface area contributed by atoms with Crippen molar-refractivity contribution in [3.63, 3.8) is 0 Å². The number of carbonyl (C=O) groups is 1. The molecule has 1 atom stereocenters. The predicted molar refractivity (Wildman–Crippen MR) is 61.9 cm³/mol. The van der Waals surface area contributed by atoms with Crippen LogP contribution in [0.2, 0.25) is 0 Å². The average molecular weight is 222 g/mol. The lowest BCUT2D eigenvalue weighted by molar-refractivity contribution is -0.146. The molecule has 1 rings (SSSR count). The van der Waals surface area contributed by atoms with E-state index in [0.29, 0.717) is 19.6 Å². The fourth-order valence-corrected chi connectivity index (χ4v) is 1.33. The molecule has 0 heterocycles. The maximum Gasteiger partial charge on any atom is 0.308 e. The molecule has 0 fully saturated rings. The lowest BCUT2D eigenvalue weighted by Gasteiger charge is -2.12. The van der Waals surface area contributed by atoms with E-state index in [4.69, 9.17) is 9.47 Å². The topological polar surface area (TPSA) is 35.5 Å². The summed E-state index contributed by atoms with van der Waals surface area (Å²) in [6.45, 7) is 4.62. The SMILES string of the molecule is CCOC(=O)C[C@H](C)OCc1ccccc1. The van der Waals surface area contributed by atoms with E-state index in [-0.39, 0.29) is 12.1 Å². The van der Waals surface area contributed by atoms with Crippen molar-refractivity contribution in [3.8, 4) is 0 Å². The number of ether oxygens (including phenoxy) is 2. The monoisotopic (exact) mass is 222 g/mol. The minimum atomic E-state index is -0.205. The second-order valence-electron chi connectivity index (χ2n) is 3.62. The molecule has 0 radical (unpaired) electrons. The second kappa shape index (κ2) is 7.01. The van der Waals surface area contributed by atoms with Gasteiger partial charge in [-0.3, -0.25) is 4.79 Å². The highest BCUT2D eigenvalue weighted by molar-refractivity contribution is 5.69. The third kappa shape index (κ3) is 4.94. The van der Waals surface area contributed by atoms with Crippen LogP contribution >= 0.6 is 0 Å². The molecule has 0 saturated carbocycles. The third-order valence-electron chi connectivity index (χ3n) is 2.14. The van der Waals surface area contributed by atoms with Gasteiger partial charge in [0, 0.05) is 0 Å². The van der Waals surface area contributed by atoms with Gasteiger partial charge in [0.2, 0.25) is 0 Å². The maximum absolute atomic E-state index is 11.2. The van der Waals surface area contributed by atoms with Gasteiger partial charge in [-0.1, -0.05) is 30.3 Å². The van der Waals surface area contributed by atoms with Crippen molar-refractivity contribution in [2.75, 3.05) is 6.61 Å². The Bertz CT molecular complexity index is 308. The van der Waals surface area contributed by atoms with Gasteiger partial charge in [0.05, 0.1) is 25.7 Å². The van der Waals surface area contributed by atoms with Crippen LogP contribution in [0.15, 0.2) is 30.3 Å². The summed E-state index contributed by atoms with van der Waals surface area (Å²) in [6, 6.07) is 9.89. The summed E-state index contributed by atoms with van der Waals surface area (Å²) in [5.41, 5.74) is 1.11. The van der Waals surface area contributed by atoms with Crippen molar-refractivity contribution in [1.82, 2.24) is 0 Å². The zero-order valence-corrected chi connectivity index (χ0v) is 9.81. The quantitative estimate of drug-likeness (QED) is 0.694. The molecule has 0 aliphatic heterocycles. The van der Waals surface area contributed by atoms with Crippen LogP contribution in [-0.2, 0) is 20.9 Å². The number of hydrogen-bond donors (Lipinski definition) is 0. The molecule has 3 nitrogen and oxygen atoms in total. The summed E-state index contributed by atoms with van der Waals surface area (Å²) in [7, 11) is 0. The van der Waals surface area contributed by atoms with E-state index < -0.39 is 0 Å². The number of esters is 1. The fraction of sp³-hybridized carbons (Fsp3) is 0.462. The lowest BCUT2D eigenvalue weighted by atomic mass is 10.2. The molecule has 0 aliphatic rings. The van der Waals surface area contributed by atoms with E-state index in [1.54, 1.807) is 6.92 Å². The van der Waals surface area contributed by atoms with Gasteiger partial charge < -0.3 is 9.47 Å². The Hall–Kier alpha value is -1.35. The molecule has 0 aromatic heterocycles. The molecule has 1 aromatic rings. The average Bonchev–Trinajstić information content (AvgIpc) is 2.28. The Labute approximate surface area is 96.4 Å². The van der Waals surface area contributed by atoms with Crippen LogP contribution in [-0.4, -0.2) is 18.7 Å².